The molecule has 0 bridgehead atoms. The Kier molecular flexibility index (Phi) is 3.30. The Labute approximate surface area is 99.7 Å². The van der Waals surface area contributed by atoms with Crippen molar-refractivity contribution in [2.24, 2.45) is 5.41 Å². The third-order valence-electron chi connectivity index (χ3n) is 3.80. The Morgan fingerprint density at radius 1 is 1.12 bits per heavy atom. The molecule has 0 spiro atoms. The summed E-state index contributed by atoms with van der Waals surface area (Å²) in [5.41, 5.74) is 0.842. The number of likely N-dealkylation sites (tertiary alicyclic amines) is 1. The molecule has 0 aliphatic carbocycles. The first-order valence-electron chi connectivity index (χ1n) is 6.44. The van der Waals surface area contributed by atoms with E-state index in [0.29, 0.717) is 11.0 Å². The van der Waals surface area contributed by atoms with Crippen LogP contribution in [0.3, 0.4) is 0 Å². The van der Waals surface area contributed by atoms with Gasteiger partial charge in [0, 0.05) is 43.7 Å². The molecule has 0 amide bonds. The number of hydrogen-bond donors (Lipinski definition) is 0. The van der Waals surface area contributed by atoms with Crippen molar-refractivity contribution in [3.05, 3.63) is 0 Å². The average molecular weight is 226 g/mol. The maximum Gasteiger partial charge on any atom is 0.0594 e. The summed E-state index contributed by atoms with van der Waals surface area (Å²) < 4.78 is 5.39. The van der Waals surface area contributed by atoms with E-state index in [1.165, 1.54) is 19.6 Å². The molecule has 2 rings (SSSR count). The summed E-state index contributed by atoms with van der Waals surface area (Å²) in [6, 6.07) is 0. The maximum atomic E-state index is 5.39. The summed E-state index contributed by atoms with van der Waals surface area (Å²) in [6.45, 7) is 17.1. The van der Waals surface area contributed by atoms with E-state index in [1.54, 1.807) is 0 Å². The minimum Gasteiger partial charge on any atom is -0.379 e. The first-order valence-corrected chi connectivity index (χ1v) is 6.44. The molecule has 0 aromatic heterocycles. The predicted molar refractivity (Wildman–Crippen MR) is 66.7 cm³/mol. The van der Waals surface area contributed by atoms with Crippen LogP contribution in [0.15, 0.2) is 0 Å². The van der Waals surface area contributed by atoms with Crippen LogP contribution in [0.1, 0.15) is 27.7 Å². The molecule has 2 saturated heterocycles. The molecule has 2 heterocycles. The number of rotatable bonds is 2. The summed E-state index contributed by atoms with van der Waals surface area (Å²) >= 11 is 0. The van der Waals surface area contributed by atoms with Crippen molar-refractivity contribution in [2.75, 3.05) is 45.9 Å². The Morgan fingerprint density at radius 2 is 1.69 bits per heavy atom. The van der Waals surface area contributed by atoms with Crippen molar-refractivity contribution in [3.8, 4) is 0 Å². The van der Waals surface area contributed by atoms with Gasteiger partial charge in [0.05, 0.1) is 13.2 Å². The summed E-state index contributed by atoms with van der Waals surface area (Å²) in [5, 5.41) is 0. The molecule has 3 heteroatoms. The quantitative estimate of drug-likeness (QED) is 0.708. The van der Waals surface area contributed by atoms with Crippen LogP contribution < -0.4 is 0 Å². The lowest BCUT2D eigenvalue weighted by Gasteiger charge is -2.55. The lowest BCUT2D eigenvalue weighted by atomic mass is 9.78. The third kappa shape index (κ3) is 2.76. The molecule has 0 atom stereocenters. The molecular weight excluding hydrogens is 200 g/mol. The molecule has 0 aromatic rings. The Balaban J connectivity index is 1.79. The van der Waals surface area contributed by atoms with Gasteiger partial charge in [0.25, 0.3) is 0 Å². The van der Waals surface area contributed by atoms with Crippen LogP contribution in [0.5, 0.6) is 0 Å². The molecular formula is C13H26N2O. The second kappa shape index (κ2) is 4.28. The van der Waals surface area contributed by atoms with Gasteiger partial charge in [0.1, 0.15) is 0 Å². The number of nitrogens with zero attached hydrogens (tertiary/aromatic N) is 2. The van der Waals surface area contributed by atoms with Gasteiger partial charge in [0.2, 0.25) is 0 Å². The SMILES string of the molecule is CC1(CN2CCOCC2)CN(C(C)(C)C)C1. The summed E-state index contributed by atoms with van der Waals surface area (Å²) in [5.74, 6) is 0. The van der Waals surface area contributed by atoms with E-state index in [1.807, 2.05) is 0 Å². The molecule has 0 radical (unpaired) electrons. The van der Waals surface area contributed by atoms with E-state index in [2.05, 4.69) is 37.5 Å². The van der Waals surface area contributed by atoms with Gasteiger partial charge in [-0.2, -0.15) is 0 Å². The number of morpholine rings is 1. The molecule has 3 nitrogen and oxygen atoms in total. The molecule has 0 unspecified atom stereocenters. The van der Waals surface area contributed by atoms with Gasteiger partial charge >= 0.3 is 0 Å². The second-order valence-electron chi connectivity index (χ2n) is 6.73. The smallest absolute Gasteiger partial charge is 0.0594 e. The van der Waals surface area contributed by atoms with Gasteiger partial charge in [-0.05, 0) is 20.8 Å². The van der Waals surface area contributed by atoms with Crippen molar-refractivity contribution in [1.82, 2.24) is 9.80 Å². The van der Waals surface area contributed by atoms with Crippen molar-refractivity contribution in [3.63, 3.8) is 0 Å². The van der Waals surface area contributed by atoms with Crippen LogP contribution in [0.4, 0.5) is 0 Å². The minimum absolute atomic E-state index is 0.338. The van der Waals surface area contributed by atoms with Crippen molar-refractivity contribution < 1.29 is 4.74 Å². The maximum absolute atomic E-state index is 5.39. The summed E-state index contributed by atoms with van der Waals surface area (Å²) in [7, 11) is 0. The first kappa shape index (κ1) is 12.3. The molecule has 2 aliphatic heterocycles. The zero-order chi connectivity index (χ0) is 11.8. The number of ether oxygens (including phenoxy) is 1. The Hall–Kier alpha value is -0.120. The standard InChI is InChI=1S/C13H26N2O/c1-12(2,3)15-10-13(4,11-15)9-14-5-7-16-8-6-14/h5-11H2,1-4H3. The van der Waals surface area contributed by atoms with E-state index < -0.39 is 0 Å². The fourth-order valence-corrected chi connectivity index (χ4v) is 2.75. The van der Waals surface area contributed by atoms with Gasteiger partial charge in [0.15, 0.2) is 0 Å². The van der Waals surface area contributed by atoms with Crippen LogP contribution in [-0.4, -0.2) is 61.3 Å². The monoisotopic (exact) mass is 226 g/mol. The topological polar surface area (TPSA) is 15.7 Å². The fourth-order valence-electron chi connectivity index (χ4n) is 2.75. The van der Waals surface area contributed by atoms with Gasteiger partial charge in [-0.25, -0.2) is 0 Å². The van der Waals surface area contributed by atoms with E-state index >= 15 is 0 Å². The lowest BCUT2D eigenvalue weighted by Crippen LogP contribution is -2.65. The summed E-state index contributed by atoms with van der Waals surface area (Å²) in [6.07, 6.45) is 0. The minimum atomic E-state index is 0.338. The van der Waals surface area contributed by atoms with E-state index in [0.717, 1.165) is 26.3 Å². The van der Waals surface area contributed by atoms with Crippen molar-refractivity contribution in [1.29, 1.82) is 0 Å². The molecule has 0 aromatic carbocycles. The zero-order valence-corrected chi connectivity index (χ0v) is 11.3. The molecule has 0 N–H and O–H groups in total. The van der Waals surface area contributed by atoms with Crippen LogP contribution in [0, 0.1) is 5.41 Å². The highest BCUT2D eigenvalue weighted by Crippen LogP contribution is 2.35. The molecule has 0 saturated carbocycles. The second-order valence-corrected chi connectivity index (χ2v) is 6.73. The summed E-state index contributed by atoms with van der Waals surface area (Å²) in [4.78, 5) is 5.14. The highest BCUT2D eigenvalue weighted by Gasteiger charge is 2.44. The van der Waals surface area contributed by atoms with Crippen LogP contribution >= 0.6 is 0 Å². The number of hydrogen-bond acceptors (Lipinski definition) is 3. The third-order valence-corrected chi connectivity index (χ3v) is 3.80. The average Bonchev–Trinajstić information content (AvgIpc) is 2.14. The molecule has 16 heavy (non-hydrogen) atoms. The van der Waals surface area contributed by atoms with Crippen molar-refractivity contribution in [2.45, 2.75) is 33.2 Å². The molecule has 2 aliphatic rings. The predicted octanol–water partition coefficient (Wildman–Crippen LogP) is 1.44. The van der Waals surface area contributed by atoms with Gasteiger partial charge in [-0.15, -0.1) is 0 Å². The largest absolute Gasteiger partial charge is 0.379 e. The zero-order valence-electron chi connectivity index (χ0n) is 11.3. The van der Waals surface area contributed by atoms with E-state index in [4.69, 9.17) is 4.74 Å². The fraction of sp³-hybridized carbons (Fsp3) is 1.00. The van der Waals surface area contributed by atoms with Crippen LogP contribution in [0.2, 0.25) is 0 Å². The lowest BCUT2D eigenvalue weighted by molar-refractivity contribution is -0.0766. The Bertz CT molecular complexity index is 235. The van der Waals surface area contributed by atoms with Gasteiger partial charge in [-0.1, -0.05) is 6.92 Å². The van der Waals surface area contributed by atoms with Crippen LogP contribution in [-0.2, 0) is 4.74 Å². The normalized spacial score (nSPS) is 27.8. The van der Waals surface area contributed by atoms with E-state index in [9.17, 15) is 0 Å². The highest BCUT2D eigenvalue weighted by atomic mass is 16.5. The highest BCUT2D eigenvalue weighted by molar-refractivity contribution is 4.98. The van der Waals surface area contributed by atoms with Crippen LogP contribution in [0.25, 0.3) is 0 Å². The Morgan fingerprint density at radius 3 is 2.19 bits per heavy atom. The molecule has 2 fully saturated rings. The van der Waals surface area contributed by atoms with Gasteiger partial charge in [-0.3, -0.25) is 9.80 Å². The van der Waals surface area contributed by atoms with Crippen molar-refractivity contribution >= 4 is 0 Å². The van der Waals surface area contributed by atoms with E-state index in [-0.39, 0.29) is 0 Å². The molecule has 94 valence electrons. The first-order chi connectivity index (χ1) is 7.39. The van der Waals surface area contributed by atoms with Gasteiger partial charge < -0.3 is 4.74 Å².